The molecule has 5 nitrogen and oxygen atoms in total. The number of hydrogen-bond donors (Lipinski definition) is 1. The SMILES string of the molecule is CC1SCCN(c2ccc([N+](=O)[O-])cc2N)C1C. The minimum atomic E-state index is -0.418. The van der Waals surface area contributed by atoms with E-state index < -0.39 is 4.92 Å². The highest BCUT2D eigenvalue weighted by Crippen LogP contribution is 2.34. The number of nitrogens with two attached hydrogens (primary N) is 1. The van der Waals surface area contributed by atoms with Crippen LogP contribution in [0.15, 0.2) is 18.2 Å². The van der Waals surface area contributed by atoms with E-state index in [0.29, 0.717) is 17.0 Å². The average molecular weight is 267 g/mol. The van der Waals surface area contributed by atoms with E-state index in [4.69, 9.17) is 5.73 Å². The molecule has 18 heavy (non-hydrogen) atoms. The number of rotatable bonds is 2. The Labute approximate surface area is 110 Å². The number of benzene rings is 1. The van der Waals surface area contributed by atoms with Crippen LogP contribution in [0.5, 0.6) is 0 Å². The van der Waals surface area contributed by atoms with Gasteiger partial charge in [0.15, 0.2) is 0 Å². The molecule has 1 aromatic rings. The Balaban J connectivity index is 2.30. The first-order valence-electron chi connectivity index (χ1n) is 5.93. The van der Waals surface area contributed by atoms with Crippen molar-refractivity contribution >= 4 is 28.8 Å². The molecule has 1 aliphatic heterocycles. The Morgan fingerprint density at radius 1 is 1.50 bits per heavy atom. The van der Waals surface area contributed by atoms with Gasteiger partial charge in [-0.3, -0.25) is 10.1 Å². The lowest BCUT2D eigenvalue weighted by atomic mass is 10.1. The van der Waals surface area contributed by atoms with E-state index in [-0.39, 0.29) is 5.69 Å². The van der Waals surface area contributed by atoms with Gasteiger partial charge in [-0.2, -0.15) is 11.8 Å². The molecule has 0 amide bonds. The summed E-state index contributed by atoms with van der Waals surface area (Å²) in [6.45, 7) is 5.29. The Hall–Kier alpha value is -1.43. The van der Waals surface area contributed by atoms with E-state index in [0.717, 1.165) is 18.0 Å². The van der Waals surface area contributed by atoms with Crippen molar-refractivity contribution in [3.63, 3.8) is 0 Å². The number of nitrogen functional groups attached to an aromatic ring is 1. The molecule has 1 aromatic carbocycles. The molecule has 2 rings (SSSR count). The molecule has 0 saturated carbocycles. The fourth-order valence-electron chi connectivity index (χ4n) is 2.19. The third-order valence-electron chi connectivity index (χ3n) is 3.42. The summed E-state index contributed by atoms with van der Waals surface area (Å²) >= 11 is 1.95. The van der Waals surface area contributed by atoms with Crippen LogP contribution in [0.1, 0.15) is 13.8 Å². The Bertz CT molecular complexity index is 467. The van der Waals surface area contributed by atoms with Gasteiger partial charge >= 0.3 is 0 Å². The van der Waals surface area contributed by atoms with Crippen molar-refractivity contribution in [2.75, 3.05) is 22.9 Å². The van der Waals surface area contributed by atoms with Crippen molar-refractivity contribution in [1.29, 1.82) is 0 Å². The first-order chi connectivity index (χ1) is 8.50. The third kappa shape index (κ3) is 2.38. The van der Waals surface area contributed by atoms with Crippen molar-refractivity contribution in [2.24, 2.45) is 0 Å². The number of anilines is 2. The van der Waals surface area contributed by atoms with Crippen LogP contribution in [0.25, 0.3) is 0 Å². The quantitative estimate of drug-likeness (QED) is 0.506. The second-order valence-corrected chi connectivity index (χ2v) is 6.00. The molecule has 98 valence electrons. The summed E-state index contributed by atoms with van der Waals surface area (Å²) in [6.07, 6.45) is 0. The van der Waals surface area contributed by atoms with E-state index in [1.807, 2.05) is 11.8 Å². The predicted molar refractivity (Wildman–Crippen MR) is 76.2 cm³/mol. The minimum Gasteiger partial charge on any atom is -0.397 e. The molecule has 2 N–H and O–H groups in total. The van der Waals surface area contributed by atoms with Gasteiger partial charge in [-0.1, -0.05) is 6.92 Å². The van der Waals surface area contributed by atoms with Crippen LogP contribution in [0.2, 0.25) is 0 Å². The number of nitrogens with zero attached hydrogens (tertiary/aromatic N) is 2. The standard InChI is InChI=1S/C12H17N3O2S/c1-8-9(2)18-6-5-14(8)12-4-3-10(15(16)17)7-11(12)13/h3-4,7-9H,5-6,13H2,1-2H3. The molecule has 2 unspecified atom stereocenters. The van der Waals surface area contributed by atoms with Gasteiger partial charge in [0, 0.05) is 35.7 Å². The monoisotopic (exact) mass is 267 g/mol. The van der Waals surface area contributed by atoms with E-state index in [1.165, 1.54) is 12.1 Å². The smallest absolute Gasteiger partial charge is 0.271 e. The molecule has 1 heterocycles. The van der Waals surface area contributed by atoms with Crippen molar-refractivity contribution in [3.05, 3.63) is 28.3 Å². The second-order valence-electron chi connectivity index (χ2n) is 4.51. The molecule has 1 saturated heterocycles. The number of thioether (sulfide) groups is 1. The van der Waals surface area contributed by atoms with Crippen LogP contribution in [0.4, 0.5) is 17.1 Å². The topological polar surface area (TPSA) is 72.4 Å². The second kappa shape index (κ2) is 5.06. The fraction of sp³-hybridized carbons (Fsp3) is 0.500. The Morgan fingerprint density at radius 3 is 2.83 bits per heavy atom. The summed E-state index contributed by atoms with van der Waals surface area (Å²) in [7, 11) is 0. The maximum atomic E-state index is 10.7. The number of non-ortho nitro benzene ring substituents is 1. The summed E-state index contributed by atoms with van der Waals surface area (Å²) in [5.41, 5.74) is 7.37. The zero-order valence-corrected chi connectivity index (χ0v) is 11.3. The lowest BCUT2D eigenvalue weighted by molar-refractivity contribution is -0.384. The molecule has 6 heteroatoms. The Morgan fingerprint density at radius 2 is 2.22 bits per heavy atom. The molecule has 0 aromatic heterocycles. The lowest BCUT2D eigenvalue weighted by Crippen LogP contribution is -2.45. The zero-order chi connectivity index (χ0) is 13.3. The first-order valence-corrected chi connectivity index (χ1v) is 6.97. The van der Waals surface area contributed by atoms with Crippen LogP contribution in [0.3, 0.4) is 0 Å². The summed E-state index contributed by atoms with van der Waals surface area (Å²) in [5.74, 6) is 1.06. The highest BCUT2D eigenvalue weighted by Gasteiger charge is 2.27. The summed E-state index contributed by atoms with van der Waals surface area (Å²) < 4.78 is 0. The molecule has 2 atom stereocenters. The van der Waals surface area contributed by atoms with E-state index in [2.05, 4.69) is 18.7 Å². The van der Waals surface area contributed by atoms with Gasteiger partial charge in [0.2, 0.25) is 0 Å². The van der Waals surface area contributed by atoms with Crippen molar-refractivity contribution < 1.29 is 4.92 Å². The van der Waals surface area contributed by atoms with Crippen LogP contribution >= 0.6 is 11.8 Å². The van der Waals surface area contributed by atoms with E-state index >= 15 is 0 Å². The molecule has 0 radical (unpaired) electrons. The number of nitro groups is 1. The minimum absolute atomic E-state index is 0.0448. The molecule has 0 bridgehead atoms. The highest BCUT2D eigenvalue weighted by atomic mass is 32.2. The van der Waals surface area contributed by atoms with Crippen molar-refractivity contribution in [2.45, 2.75) is 25.1 Å². The molecular formula is C12H17N3O2S. The van der Waals surface area contributed by atoms with Crippen LogP contribution in [-0.2, 0) is 0 Å². The molecule has 0 spiro atoms. The zero-order valence-electron chi connectivity index (χ0n) is 10.5. The van der Waals surface area contributed by atoms with E-state index in [9.17, 15) is 10.1 Å². The van der Waals surface area contributed by atoms with Gasteiger partial charge < -0.3 is 10.6 Å². The van der Waals surface area contributed by atoms with Crippen LogP contribution in [-0.4, -0.2) is 28.5 Å². The van der Waals surface area contributed by atoms with Gasteiger partial charge in [0.05, 0.1) is 16.3 Å². The number of hydrogen-bond acceptors (Lipinski definition) is 5. The van der Waals surface area contributed by atoms with Crippen LogP contribution in [0, 0.1) is 10.1 Å². The predicted octanol–water partition coefficient (Wildman–Crippen LogP) is 2.51. The fourth-order valence-corrected chi connectivity index (χ4v) is 3.29. The van der Waals surface area contributed by atoms with E-state index in [1.54, 1.807) is 6.07 Å². The molecular weight excluding hydrogens is 250 g/mol. The van der Waals surface area contributed by atoms with Gasteiger partial charge in [0.25, 0.3) is 5.69 Å². The van der Waals surface area contributed by atoms with Gasteiger partial charge in [-0.05, 0) is 13.0 Å². The molecule has 0 aliphatic carbocycles. The van der Waals surface area contributed by atoms with Gasteiger partial charge in [-0.15, -0.1) is 0 Å². The lowest BCUT2D eigenvalue weighted by Gasteiger charge is -2.39. The summed E-state index contributed by atoms with van der Waals surface area (Å²) in [4.78, 5) is 12.5. The first kappa shape index (κ1) is 13.0. The molecule has 1 fully saturated rings. The largest absolute Gasteiger partial charge is 0.397 e. The van der Waals surface area contributed by atoms with Crippen LogP contribution < -0.4 is 10.6 Å². The van der Waals surface area contributed by atoms with Gasteiger partial charge in [-0.25, -0.2) is 0 Å². The average Bonchev–Trinajstić information content (AvgIpc) is 2.33. The third-order valence-corrected chi connectivity index (χ3v) is 4.75. The maximum absolute atomic E-state index is 10.7. The van der Waals surface area contributed by atoms with Crippen molar-refractivity contribution in [1.82, 2.24) is 0 Å². The van der Waals surface area contributed by atoms with Gasteiger partial charge in [0.1, 0.15) is 0 Å². The maximum Gasteiger partial charge on any atom is 0.271 e. The molecule has 1 aliphatic rings. The highest BCUT2D eigenvalue weighted by molar-refractivity contribution is 8.00. The summed E-state index contributed by atoms with van der Waals surface area (Å²) in [5, 5.41) is 11.2. The van der Waals surface area contributed by atoms with Crippen molar-refractivity contribution in [3.8, 4) is 0 Å². The Kier molecular flexibility index (Phi) is 3.65. The number of nitro benzene ring substituents is 1. The normalized spacial score (nSPS) is 24.0. The summed E-state index contributed by atoms with van der Waals surface area (Å²) in [6, 6.07) is 5.10.